The highest BCUT2D eigenvalue weighted by atomic mass is 79.9. The van der Waals surface area contributed by atoms with Gasteiger partial charge in [0.15, 0.2) is 0 Å². The Labute approximate surface area is 169 Å². The van der Waals surface area contributed by atoms with Gasteiger partial charge in [-0.25, -0.2) is 0 Å². The summed E-state index contributed by atoms with van der Waals surface area (Å²) >= 11 is 3.48. The Hall–Kier alpha value is -3.39. The van der Waals surface area contributed by atoms with Gasteiger partial charge < -0.3 is 21.1 Å². The molecule has 140 valence electrons. The zero-order valence-electron chi connectivity index (χ0n) is 14.9. The fraction of sp³-hybridized carbons (Fsp3) is 0.0500. The van der Waals surface area contributed by atoms with Crippen LogP contribution in [0, 0.1) is 0 Å². The number of anilines is 3. The first-order valence-electron chi connectivity index (χ1n) is 8.40. The van der Waals surface area contributed by atoms with Gasteiger partial charge in [0.25, 0.3) is 5.91 Å². The molecular formula is C20H16BrN5O2. The van der Waals surface area contributed by atoms with Crippen molar-refractivity contribution in [2.75, 3.05) is 23.5 Å². The third kappa shape index (κ3) is 3.29. The minimum Gasteiger partial charge on any atom is -0.495 e. The zero-order chi connectivity index (χ0) is 19.7. The first-order valence-corrected chi connectivity index (χ1v) is 9.19. The second kappa shape index (κ2) is 7.32. The molecule has 0 radical (unpaired) electrons. The summed E-state index contributed by atoms with van der Waals surface area (Å²) in [5, 5.41) is 13.9. The van der Waals surface area contributed by atoms with E-state index in [0.717, 1.165) is 21.3 Å². The van der Waals surface area contributed by atoms with Crippen molar-refractivity contribution >= 4 is 50.2 Å². The van der Waals surface area contributed by atoms with Crippen LogP contribution >= 0.6 is 15.9 Å². The van der Waals surface area contributed by atoms with Crippen molar-refractivity contribution < 1.29 is 9.53 Å². The second-order valence-electron chi connectivity index (χ2n) is 6.11. The summed E-state index contributed by atoms with van der Waals surface area (Å²) in [4.78, 5) is 12.9. The summed E-state index contributed by atoms with van der Waals surface area (Å²) in [5.74, 6) is 0.325. The minimum absolute atomic E-state index is 0.201. The molecule has 0 saturated heterocycles. The van der Waals surface area contributed by atoms with Crippen LogP contribution in [0.3, 0.4) is 0 Å². The van der Waals surface area contributed by atoms with Gasteiger partial charge in [-0.1, -0.05) is 22.0 Å². The number of rotatable bonds is 4. The van der Waals surface area contributed by atoms with Crippen LogP contribution in [-0.4, -0.2) is 23.2 Å². The molecule has 8 heteroatoms. The predicted octanol–water partition coefficient (Wildman–Crippen LogP) is 3.76. The summed E-state index contributed by atoms with van der Waals surface area (Å²) in [6.45, 7) is 0. The first kappa shape index (κ1) is 18.0. The Morgan fingerprint density at radius 2 is 2.04 bits per heavy atom. The number of halogens is 1. The van der Waals surface area contributed by atoms with Gasteiger partial charge in [-0.15, -0.1) is 0 Å². The first-order chi connectivity index (χ1) is 13.6. The highest BCUT2D eigenvalue weighted by Gasteiger charge is 2.29. The molecule has 0 aliphatic carbocycles. The van der Waals surface area contributed by atoms with Crippen LogP contribution in [0.4, 0.5) is 17.1 Å². The molecule has 2 heterocycles. The summed E-state index contributed by atoms with van der Waals surface area (Å²) < 4.78 is 6.23. The molecule has 0 bridgehead atoms. The van der Waals surface area contributed by atoms with E-state index in [2.05, 4.69) is 36.8 Å². The number of nitrogens with two attached hydrogens (primary N) is 1. The maximum Gasteiger partial charge on any atom is 0.258 e. The number of amides is 1. The lowest BCUT2D eigenvalue weighted by Gasteiger charge is -2.16. The topological polar surface area (TPSA) is 102 Å². The Morgan fingerprint density at radius 3 is 2.79 bits per heavy atom. The summed E-state index contributed by atoms with van der Waals surface area (Å²) in [6.07, 6.45) is 3.16. The molecule has 4 N–H and O–H groups in total. The second-order valence-corrected chi connectivity index (χ2v) is 7.02. The van der Waals surface area contributed by atoms with Gasteiger partial charge >= 0.3 is 0 Å². The maximum absolute atomic E-state index is 12.9. The molecule has 3 aromatic rings. The third-order valence-corrected chi connectivity index (χ3v) is 4.85. The molecule has 1 amide bonds. The van der Waals surface area contributed by atoms with Crippen molar-refractivity contribution in [3.8, 4) is 5.75 Å². The molecule has 0 saturated carbocycles. The highest BCUT2D eigenvalue weighted by molar-refractivity contribution is 9.10. The fourth-order valence-electron chi connectivity index (χ4n) is 3.04. The predicted molar refractivity (Wildman–Crippen MR) is 113 cm³/mol. The summed E-state index contributed by atoms with van der Waals surface area (Å²) in [5.41, 5.74) is 10.6. The van der Waals surface area contributed by atoms with Gasteiger partial charge in [0.1, 0.15) is 5.75 Å². The van der Waals surface area contributed by atoms with E-state index in [4.69, 9.17) is 10.5 Å². The van der Waals surface area contributed by atoms with Crippen molar-refractivity contribution in [2.24, 2.45) is 0 Å². The van der Waals surface area contributed by atoms with Crippen LogP contribution in [0.25, 0.3) is 11.3 Å². The van der Waals surface area contributed by atoms with Crippen LogP contribution in [0.2, 0.25) is 0 Å². The monoisotopic (exact) mass is 437 g/mol. The van der Waals surface area contributed by atoms with Crippen molar-refractivity contribution in [3.63, 3.8) is 0 Å². The van der Waals surface area contributed by atoms with Gasteiger partial charge in [0.2, 0.25) is 0 Å². The number of ether oxygens (including phenoxy) is 1. The number of nitrogens with one attached hydrogen (secondary N) is 2. The highest BCUT2D eigenvalue weighted by Crippen LogP contribution is 2.39. The lowest BCUT2D eigenvalue weighted by atomic mass is 9.99. The summed E-state index contributed by atoms with van der Waals surface area (Å²) in [7, 11) is 1.55. The zero-order valence-corrected chi connectivity index (χ0v) is 16.4. The Bertz CT molecular complexity index is 1100. The van der Waals surface area contributed by atoms with Crippen molar-refractivity contribution in [1.82, 2.24) is 10.2 Å². The van der Waals surface area contributed by atoms with E-state index in [-0.39, 0.29) is 5.91 Å². The molecule has 0 unspecified atom stereocenters. The largest absolute Gasteiger partial charge is 0.495 e. The van der Waals surface area contributed by atoms with Gasteiger partial charge in [0.05, 0.1) is 42.1 Å². The van der Waals surface area contributed by atoms with Crippen LogP contribution in [0.15, 0.2) is 59.3 Å². The Morgan fingerprint density at radius 1 is 1.18 bits per heavy atom. The van der Waals surface area contributed by atoms with Gasteiger partial charge in [-0.2, -0.15) is 10.2 Å². The van der Waals surface area contributed by atoms with Crippen LogP contribution < -0.4 is 21.1 Å². The van der Waals surface area contributed by atoms with E-state index in [9.17, 15) is 4.79 Å². The van der Waals surface area contributed by atoms with Crippen LogP contribution in [0.1, 0.15) is 11.1 Å². The third-order valence-electron chi connectivity index (χ3n) is 4.35. The average Bonchev–Trinajstić information content (AvgIpc) is 3.02. The molecule has 4 rings (SSSR count). The number of nitrogens with zero attached hydrogens (tertiary/aromatic N) is 2. The average molecular weight is 438 g/mol. The molecule has 2 aromatic carbocycles. The molecule has 0 atom stereocenters. The Balaban J connectivity index is 1.95. The number of hydrogen-bond donors (Lipinski definition) is 3. The van der Waals surface area contributed by atoms with E-state index in [1.165, 1.54) is 0 Å². The van der Waals surface area contributed by atoms with E-state index in [1.54, 1.807) is 37.7 Å². The number of carbonyl (C=O) groups excluding carboxylic acids is 1. The molecule has 0 fully saturated rings. The lowest BCUT2D eigenvalue weighted by molar-refractivity contribution is -0.110. The molecule has 0 spiro atoms. The minimum atomic E-state index is -0.201. The molecule has 1 aliphatic rings. The van der Waals surface area contributed by atoms with Crippen molar-refractivity contribution in [1.29, 1.82) is 0 Å². The van der Waals surface area contributed by atoms with E-state index in [1.807, 2.05) is 24.3 Å². The van der Waals surface area contributed by atoms with Gasteiger partial charge in [0, 0.05) is 21.3 Å². The van der Waals surface area contributed by atoms with Crippen molar-refractivity contribution in [3.05, 3.63) is 70.5 Å². The fourth-order valence-corrected chi connectivity index (χ4v) is 3.40. The molecular weight excluding hydrogens is 422 g/mol. The normalized spacial score (nSPS) is 14.3. The number of hydrogen-bond acceptors (Lipinski definition) is 6. The molecule has 1 aliphatic heterocycles. The number of aromatic nitrogens is 2. The van der Waals surface area contributed by atoms with Gasteiger partial charge in [-0.05, 0) is 36.4 Å². The quantitative estimate of drug-likeness (QED) is 0.424. The SMILES string of the molecule is COc1cc(/C(Nc2ccnnc2)=C2/C(=O)Nc3ccc(Br)cc32)ccc1N. The van der Waals surface area contributed by atoms with Crippen LogP contribution in [0.5, 0.6) is 5.75 Å². The van der Waals surface area contributed by atoms with E-state index >= 15 is 0 Å². The molecule has 28 heavy (non-hydrogen) atoms. The number of benzene rings is 2. The number of nitrogen functional groups attached to an aromatic ring is 1. The molecule has 1 aromatic heterocycles. The van der Waals surface area contributed by atoms with Crippen molar-refractivity contribution in [2.45, 2.75) is 0 Å². The smallest absolute Gasteiger partial charge is 0.258 e. The standard InChI is InChI=1S/C20H16BrN5O2/c1-28-17-8-11(2-4-15(17)22)19(25-13-6-7-23-24-10-13)18-14-9-12(21)3-5-16(14)26-20(18)27/h2-10H,22H2,1H3,(H,23,25)(H,26,27)/b19-18-. The number of carbonyl (C=O) groups is 1. The van der Waals surface area contributed by atoms with E-state index in [0.29, 0.717) is 28.4 Å². The maximum atomic E-state index is 12.9. The van der Waals surface area contributed by atoms with Crippen LogP contribution in [-0.2, 0) is 4.79 Å². The Kier molecular flexibility index (Phi) is 4.70. The lowest BCUT2D eigenvalue weighted by Crippen LogP contribution is -2.10. The van der Waals surface area contributed by atoms with E-state index < -0.39 is 0 Å². The molecule has 7 nitrogen and oxygen atoms in total. The summed E-state index contributed by atoms with van der Waals surface area (Å²) in [6, 6.07) is 12.8. The number of fused-ring (bicyclic) bond motifs is 1. The number of methoxy groups -OCH3 is 1. The van der Waals surface area contributed by atoms with Gasteiger partial charge in [-0.3, -0.25) is 4.79 Å².